The zero-order valence-corrected chi connectivity index (χ0v) is 11.5. The van der Waals surface area contributed by atoms with E-state index in [2.05, 4.69) is 41.1 Å². The Bertz CT molecular complexity index is 177. The lowest BCUT2D eigenvalue weighted by Crippen LogP contribution is -2.19. The lowest BCUT2D eigenvalue weighted by molar-refractivity contribution is 0.395. The molecule has 13 heavy (non-hydrogen) atoms. The van der Waals surface area contributed by atoms with Crippen LogP contribution < -0.4 is 0 Å². The molecule has 0 nitrogen and oxygen atoms in total. The lowest BCUT2D eigenvalue weighted by Gasteiger charge is -2.29. The van der Waals surface area contributed by atoms with Gasteiger partial charge in [-0.2, -0.15) is 0 Å². The summed E-state index contributed by atoms with van der Waals surface area (Å²) in [4.78, 5) is 0. The fourth-order valence-corrected chi connectivity index (χ4v) is 4.14. The smallest absolute Gasteiger partial charge is 0.00649 e. The Morgan fingerprint density at radius 3 is 2.69 bits per heavy atom. The van der Waals surface area contributed by atoms with Crippen molar-refractivity contribution in [2.75, 3.05) is 5.75 Å². The fraction of sp³-hybridized carbons (Fsp3) is 0.818. The van der Waals surface area contributed by atoms with Crippen LogP contribution in [0.1, 0.15) is 39.5 Å². The van der Waals surface area contributed by atoms with E-state index in [1.807, 2.05) is 8.93 Å². The fourth-order valence-electron chi connectivity index (χ4n) is 2.01. The Hall–Kier alpha value is 0.820. The van der Waals surface area contributed by atoms with Crippen LogP contribution in [0.25, 0.3) is 0 Å². The van der Waals surface area contributed by atoms with E-state index in [0.29, 0.717) is 0 Å². The molecule has 0 bridgehead atoms. The lowest BCUT2D eigenvalue weighted by atomic mass is 9.78. The third-order valence-corrected chi connectivity index (χ3v) is 4.66. The van der Waals surface area contributed by atoms with Crippen LogP contribution in [0.4, 0.5) is 0 Å². The maximum absolute atomic E-state index is 2.45. The second-order valence-electron chi connectivity index (χ2n) is 3.97. The Morgan fingerprint density at radius 1 is 1.62 bits per heavy atom. The average Bonchev–Trinajstić information content (AvgIpc) is 2.01. The van der Waals surface area contributed by atoms with E-state index < -0.39 is 0 Å². The summed E-state index contributed by atoms with van der Waals surface area (Å²) in [6.45, 7) is 4.71. The van der Waals surface area contributed by atoms with E-state index in [1.54, 1.807) is 5.57 Å². The molecule has 1 aliphatic carbocycles. The topological polar surface area (TPSA) is 0 Å². The van der Waals surface area contributed by atoms with Gasteiger partial charge >= 0.3 is 0 Å². The van der Waals surface area contributed by atoms with Gasteiger partial charge in [-0.1, -0.05) is 40.9 Å². The number of rotatable bonds is 6. The van der Waals surface area contributed by atoms with E-state index >= 15 is 0 Å². The van der Waals surface area contributed by atoms with Crippen molar-refractivity contribution in [3.8, 4) is 0 Å². The molecule has 0 spiro atoms. The molecule has 0 aromatic heterocycles. The highest BCUT2D eigenvalue weighted by molar-refractivity contribution is 14.2. The first-order valence-electron chi connectivity index (χ1n) is 5.22. The normalized spacial score (nSPS) is 20.4. The standard InChI is InChI=1S/C11H19IS/c1-3-5-11(9(2)8-13-12)10-6-4-7-10/h6,9,11H,3-5,7-8H2,1-2H3/t9-,11?/m1/s1. The first kappa shape index (κ1) is 11.9. The van der Waals surface area contributed by atoms with Crippen LogP contribution in [-0.4, -0.2) is 5.75 Å². The molecular formula is C11H19IS. The highest BCUT2D eigenvalue weighted by Gasteiger charge is 2.22. The van der Waals surface area contributed by atoms with Gasteiger partial charge in [0.25, 0.3) is 0 Å². The van der Waals surface area contributed by atoms with Gasteiger partial charge in [0.1, 0.15) is 0 Å². The minimum atomic E-state index is 0.869. The molecule has 76 valence electrons. The molecule has 2 atom stereocenters. The zero-order chi connectivity index (χ0) is 9.68. The summed E-state index contributed by atoms with van der Waals surface area (Å²) in [6.07, 6.45) is 7.89. The van der Waals surface area contributed by atoms with Crippen molar-refractivity contribution in [2.45, 2.75) is 39.5 Å². The van der Waals surface area contributed by atoms with Gasteiger partial charge in [-0.3, -0.25) is 0 Å². The van der Waals surface area contributed by atoms with E-state index in [9.17, 15) is 0 Å². The summed E-state index contributed by atoms with van der Waals surface area (Å²) in [5.41, 5.74) is 1.75. The molecule has 0 aromatic rings. The van der Waals surface area contributed by atoms with Crippen molar-refractivity contribution in [1.82, 2.24) is 0 Å². The van der Waals surface area contributed by atoms with Gasteiger partial charge in [-0.25, -0.2) is 0 Å². The molecule has 0 amide bonds. The van der Waals surface area contributed by atoms with Crippen LogP contribution >= 0.6 is 30.1 Å². The molecule has 0 fully saturated rings. The van der Waals surface area contributed by atoms with E-state index in [0.717, 1.165) is 11.8 Å². The molecule has 1 aliphatic rings. The van der Waals surface area contributed by atoms with E-state index in [1.165, 1.54) is 31.4 Å². The predicted molar refractivity (Wildman–Crippen MR) is 71.4 cm³/mol. The quantitative estimate of drug-likeness (QED) is 0.499. The molecule has 0 aliphatic heterocycles. The Balaban J connectivity index is 2.45. The maximum Gasteiger partial charge on any atom is 0.00649 e. The summed E-state index contributed by atoms with van der Waals surface area (Å²) in [5.74, 6) is 3.07. The van der Waals surface area contributed by atoms with Gasteiger partial charge in [-0.15, -0.1) is 0 Å². The van der Waals surface area contributed by atoms with Crippen molar-refractivity contribution in [2.24, 2.45) is 11.8 Å². The molecule has 0 N–H and O–H groups in total. The van der Waals surface area contributed by atoms with Crippen molar-refractivity contribution in [1.29, 1.82) is 0 Å². The minimum absolute atomic E-state index is 0.869. The summed E-state index contributed by atoms with van der Waals surface area (Å²) >= 11 is 2.42. The first-order valence-corrected chi connectivity index (χ1v) is 8.74. The summed E-state index contributed by atoms with van der Waals surface area (Å²) < 4.78 is 0. The summed E-state index contributed by atoms with van der Waals surface area (Å²) in [5, 5.41) is 0. The largest absolute Gasteiger partial charge is 0.0891 e. The summed E-state index contributed by atoms with van der Waals surface area (Å²) in [6, 6.07) is 0. The molecule has 2 heteroatoms. The molecule has 0 aromatic carbocycles. The number of allylic oxidation sites excluding steroid dienone is 2. The van der Waals surface area contributed by atoms with Crippen LogP contribution in [-0.2, 0) is 0 Å². The van der Waals surface area contributed by atoms with Crippen molar-refractivity contribution >= 4 is 30.1 Å². The molecule has 0 heterocycles. The molecular weight excluding hydrogens is 291 g/mol. The Labute approximate surface area is 98.5 Å². The average molecular weight is 310 g/mol. The van der Waals surface area contributed by atoms with E-state index in [4.69, 9.17) is 0 Å². The second-order valence-corrected chi connectivity index (χ2v) is 6.39. The number of hydrogen-bond acceptors (Lipinski definition) is 1. The predicted octanol–water partition coefficient (Wildman–Crippen LogP) is 4.84. The van der Waals surface area contributed by atoms with Crippen LogP contribution in [0.15, 0.2) is 11.6 Å². The van der Waals surface area contributed by atoms with Crippen LogP contribution in [0, 0.1) is 11.8 Å². The SMILES string of the molecule is CCCC(C1=CCC1)[C@H](C)CSI. The summed E-state index contributed by atoms with van der Waals surface area (Å²) in [7, 11) is 1.96. The number of hydrogen-bond donors (Lipinski definition) is 0. The van der Waals surface area contributed by atoms with Gasteiger partial charge in [0.15, 0.2) is 0 Å². The number of halogens is 1. The zero-order valence-electron chi connectivity index (χ0n) is 8.55. The molecule has 1 unspecified atom stereocenters. The molecule has 0 saturated carbocycles. The molecule has 0 saturated heterocycles. The molecule has 0 radical (unpaired) electrons. The van der Waals surface area contributed by atoms with Gasteiger partial charge in [0.05, 0.1) is 0 Å². The van der Waals surface area contributed by atoms with Crippen molar-refractivity contribution in [3.63, 3.8) is 0 Å². The van der Waals surface area contributed by atoms with Gasteiger partial charge in [-0.05, 0) is 52.3 Å². The Kier molecular flexibility index (Phi) is 5.79. The van der Waals surface area contributed by atoms with Crippen molar-refractivity contribution < 1.29 is 0 Å². The van der Waals surface area contributed by atoms with Gasteiger partial charge in [0.2, 0.25) is 0 Å². The second kappa shape index (κ2) is 6.33. The van der Waals surface area contributed by atoms with Crippen LogP contribution in [0.5, 0.6) is 0 Å². The third-order valence-electron chi connectivity index (χ3n) is 2.93. The van der Waals surface area contributed by atoms with Crippen LogP contribution in [0.2, 0.25) is 0 Å². The highest BCUT2D eigenvalue weighted by atomic mass is 127. The van der Waals surface area contributed by atoms with Crippen LogP contribution in [0.3, 0.4) is 0 Å². The minimum Gasteiger partial charge on any atom is -0.0891 e. The third kappa shape index (κ3) is 3.46. The maximum atomic E-state index is 2.45. The van der Waals surface area contributed by atoms with E-state index in [-0.39, 0.29) is 0 Å². The Morgan fingerprint density at radius 2 is 2.31 bits per heavy atom. The van der Waals surface area contributed by atoms with Gasteiger partial charge < -0.3 is 0 Å². The first-order chi connectivity index (χ1) is 6.29. The van der Waals surface area contributed by atoms with Gasteiger partial charge in [0, 0.05) is 5.75 Å². The highest BCUT2D eigenvalue weighted by Crippen LogP contribution is 2.36. The molecule has 1 rings (SSSR count). The monoisotopic (exact) mass is 310 g/mol. The van der Waals surface area contributed by atoms with Crippen molar-refractivity contribution in [3.05, 3.63) is 11.6 Å².